The van der Waals surface area contributed by atoms with Crippen molar-refractivity contribution in [2.75, 3.05) is 25.6 Å². The van der Waals surface area contributed by atoms with E-state index in [1.807, 2.05) is 25.9 Å². The lowest BCUT2D eigenvalue weighted by Crippen LogP contribution is -2.11. The highest BCUT2D eigenvalue weighted by molar-refractivity contribution is 7.16. The van der Waals surface area contributed by atoms with E-state index in [0.29, 0.717) is 0 Å². The fourth-order valence-electron chi connectivity index (χ4n) is 1.67. The fraction of sp³-hybridized carbons (Fsp3) is 0.700. The van der Waals surface area contributed by atoms with Gasteiger partial charge in [-0.3, -0.25) is 0 Å². The maximum absolute atomic E-state index is 9.35. The number of aryl methyl sites for hydroxylation is 1. The van der Waals surface area contributed by atoms with Gasteiger partial charge >= 0.3 is 0 Å². The molecule has 4 heteroatoms. The van der Waals surface area contributed by atoms with Crippen molar-refractivity contribution in [2.24, 2.45) is 0 Å². The number of aliphatic hydroxyl groups is 1. The molecular formula is C10H16N2OS. The first-order valence-corrected chi connectivity index (χ1v) is 5.67. The predicted molar refractivity (Wildman–Crippen MR) is 59.2 cm³/mol. The Morgan fingerprint density at radius 3 is 2.50 bits per heavy atom. The van der Waals surface area contributed by atoms with Crippen LogP contribution in [0, 0.1) is 6.92 Å². The van der Waals surface area contributed by atoms with Crippen LogP contribution in [-0.2, 0) is 5.41 Å². The molecular weight excluding hydrogens is 196 g/mol. The van der Waals surface area contributed by atoms with E-state index in [9.17, 15) is 5.11 Å². The van der Waals surface area contributed by atoms with E-state index < -0.39 is 0 Å². The molecule has 0 aliphatic heterocycles. The molecule has 0 bridgehead atoms. The number of thiazole rings is 1. The summed E-state index contributed by atoms with van der Waals surface area (Å²) in [6, 6.07) is 0. The van der Waals surface area contributed by atoms with Crippen molar-refractivity contribution in [3.63, 3.8) is 0 Å². The van der Waals surface area contributed by atoms with Crippen molar-refractivity contribution in [1.29, 1.82) is 0 Å². The largest absolute Gasteiger partial charge is 0.395 e. The summed E-state index contributed by atoms with van der Waals surface area (Å²) < 4.78 is 0. The second kappa shape index (κ2) is 3.21. The topological polar surface area (TPSA) is 36.4 Å². The number of aliphatic hydroxyl groups excluding tert-OH is 1. The summed E-state index contributed by atoms with van der Waals surface area (Å²) >= 11 is 1.72. The van der Waals surface area contributed by atoms with Crippen LogP contribution in [0.15, 0.2) is 0 Å². The normalized spacial score (nSPS) is 18.3. The Balaban J connectivity index is 2.35. The monoisotopic (exact) mass is 212 g/mol. The van der Waals surface area contributed by atoms with E-state index >= 15 is 0 Å². The summed E-state index contributed by atoms with van der Waals surface area (Å²) in [5, 5.41) is 10.4. The van der Waals surface area contributed by atoms with E-state index in [1.54, 1.807) is 11.3 Å². The molecule has 0 saturated heterocycles. The van der Waals surface area contributed by atoms with Crippen molar-refractivity contribution in [1.82, 2.24) is 4.98 Å². The first kappa shape index (κ1) is 9.93. The zero-order valence-electron chi connectivity index (χ0n) is 8.87. The predicted octanol–water partition coefficient (Wildman–Crippen LogP) is 1.54. The lowest BCUT2D eigenvalue weighted by atomic mass is 10.1. The van der Waals surface area contributed by atoms with Crippen molar-refractivity contribution < 1.29 is 5.11 Å². The lowest BCUT2D eigenvalue weighted by molar-refractivity contribution is 0.256. The zero-order valence-corrected chi connectivity index (χ0v) is 9.69. The van der Waals surface area contributed by atoms with Crippen LogP contribution in [0.4, 0.5) is 5.13 Å². The number of anilines is 1. The van der Waals surface area contributed by atoms with Crippen LogP contribution in [0.3, 0.4) is 0 Å². The third kappa shape index (κ3) is 1.42. The van der Waals surface area contributed by atoms with Crippen LogP contribution in [0.1, 0.15) is 23.4 Å². The summed E-state index contributed by atoms with van der Waals surface area (Å²) in [7, 11) is 4.00. The van der Waals surface area contributed by atoms with Gasteiger partial charge in [-0.2, -0.15) is 0 Å². The molecule has 0 radical (unpaired) electrons. The van der Waals surface area contributed by atoms with Crippen molar-refractivity contribution >= 4 is 16.5 Å². The molecule has 1 heterocycles. The Hall–Kier alpha value is -0.610. The Morgan fingerprint density at radius 1 is 1.50 bits per heavy atom. The number of nitrogens with zero attached hydrogens (tertiary/aromatic N) is 2. The van der Waals surface area contributed by atoms with Gasteiger partial charge in [-0.15, -0.1) is 11.3 Å². The van der Waals surface area contributed by atoms with Gasteiger partial charge in [0.1, 0.15) is 0 Å². The molecule has 78 valence electrons. The fourth-order valence-corrected chi connectivity index (χ4v) is 2.90. The number of hydrogen-bond donors (Lipinski definition) is 1. The summed E-state index contributed by atoms with van der Waals surface area (Å²) in [6.45, 7) is 2.30. The molecule has 1 N–H and O–H groups in total. The third-order valence-corrected chi connectivity index (χ3v) is 4.38. The average Bonchev–Trinajstić information content (AvgIpc) is 2.84. The van der Waals surface area contributed by atoms with E-state index in [0.717, 1.165) is 23.7 Å². The molecule has 0 amide bonds. The molecule has 0 spiro atoms. The van der Waals surface area contributed by atoms with Gasteiger partial charge in [0.05, 0.1) is 12.3 Å². The van der Waals surface area contributed by atoms with Gasteiger partial charge in [-0.05, 0) is 19.8 Å². The first-order chi connectivity index (χ1) is 6.59. The minimum atomic E-state index is 0.0655. The molecule has 1 aromatic rings. The molecule has 1 aliphatic rings. The van der Waals surface area contributed by atoms with Crippen molar-refractivity contribution in [3.8, 4) is 0 Å². The number of aromatic nitrogens is 1. The summed E-state index contributed by atoms with van der Waals surface area (Å²) in [5.41, 5.74) is 1.15. The minimum Gasteiger partial charge on any atom is -0.395 e. The van der Waals surface area contributed by atoms with Gasteiger partial charge < -0.3 is 10.0 Å². The lowest BCUT2D eigenvalue weighted by Gasteiger charge is -2.09. The Morgan fingerprint density at radius 2 is 2.14 bits per heavy atom. The van der Waals surface area contributed by atoms with Gasteiger partial charge in [-0.1, -0.05) is 0 Å². The number of hydrogen-bond acceptors (Lipinski definition) is 4. The standard InChI is InChI=1S/C10H16N2OS/c1-7-8(10(6-13)4-5-10)14-9(11-7)12(2)3/h13H,4-6H2,1-3H3. The molecule has 0 unspecified atom stereocenters. The van der Waals surface area contributed by atoms with Crippen LogP contribution in [0.25, 0.3) is 0 Å². The van der Waals surface area contributed by atoms with E-state index in [4.69, 9.17) is 0 Å². The van der Waals surface area contributed by atoms with Crippen LogP contribution >= 0.6 is 11.3 Å². The van der Waals surface area contributed by atoms with Crippen LogP contribution in [0.2, 0.25) is 0 Å². The molecule has 0 atom stereocenters. The highest BCUT2D eigenvalue weighted by Gasteiger charge is 2.46. The highest BCUT2D eigenvalue weighted by atomic mass is 32.1. The molecule has 1 saturated carbocycles. The van der Waals surface area contributed by atoms with Gasteiger partial charge in [0.15, 0.2) is 5.13 Å². The van der Waals surface area contributed by atoms with Crippen LogP contribution in [0.5, 0.6) is 0 Å². The quantitative estimate of drug-likeness (QED) is 0.825. The van der Waals surface area contributed by atoms with Crippen LogP contribution < -0.4 is 4.90 Å². The van der Waals surface area contributed by atoms with Crippen LogP contribution in [-0.4, -0.2) is 30.8 Å². The summed E-state index contributed by atoms with van der Waals surface area (Å²) in [5.74, 6) is 0. The van der Waals surface area contributed by atoms with Gasteiger partial charge in [-0.25, -0.2) is 4.98 Å². The summed E-state index contributed by atoms with van der Waals surface area (Å²) in [4.78, 5) is 7.80. The van der Waals surface area contributed by atoms with E-state index in [-0.39, 0.29) is 12.0 Å². The molecule has 3 nitrogen and oxygen atoms in total. The molecule has 14 heavy (non-hydrogen) atoms. The Bertz CT molecular complexity index is 342. The zero-order chi connectivity index (χ0) is 10.3. The molecule has 1 aromatic heterocycles. The van der Waals surface area contributed by atoms with Crippen molar-refractivity contribution in [2.45, 2.75) is 25.2 Å². The smallest absolute Gasteiger partial charge is 0.185 e. The third-order valence-electron chi connectivity index (χ3n) is 2.81. The first-order valence-electron chi connectivity index (χ1n) is 4.85. The van der Waals surface area contributed by atoms with E-state index in [1.165, 1.54) is 4.88 Å². The molecule has 2 rings (SSSR count). The Kier molecular flexibility index (Phi) is 2.27. The molecule has 1 fully saturated rings. The van der Waals surface area contributed by atoms with E-state index in [2.05, 4.69) is 4.98 Å². The minimum absolute atomic E-state index is 0.0655. The van der Waals surface area contributed by atoms with Gasteiger partial charge in [0, 0.05) is 24.4 Å². The second-order valence-corrected chi connectivity index (χ2v) is 5.22. The Labute approximate surface area is 88.4 Å². The average molecular weight is 212 g/mol. The van der Waals surface area contributed by atoms with Gasteiger partial charge in [0.2, 0.25) is 0 Å². The maximum atomic E-state index is 9.35. The maximum Gasteiger partial charge on any atom is 0.185 e. The molecule has 1 aliphatic carbocycles. The van der Waals surface area contributed by atoms with Crippen molar-refractivity contribution in [3.05, 3.63) is 10.6 Å². The second-order valence-electron chi connectivity index (χ2n) is 4.24. The molecule has 0 aromatic carbocycles. The summed E-state index contributed by atoms with van der Waals surface area (Å²) in [6.07, 6.45) is 2.22. The SMILES string of the molecule is Cc1nc(N(C)C)sc1C1(CO)CC1. The van der Waals surface area contributed by atoms with Gasteiger partial charge in [0.25, 0.3) is 0 Å². The highest BCUT2D eigenvalue weighted by Crippen LogP contribution is 2.51. The number of rotatable bonds is 3.